The van der Waals surface area contributed by atoms with Gasteiger partial charge in [0.1, 0.15) is 22.3 Å². The first kappa shape index (κ1) is 39.7. The van der Waals surface area contributed by atoms with Gasteiger partial charge in [-0.3, -0.25) is 0 Å². The van der Waals surface area contributed by atoms with Crippen molar-refractivity contribution in [2.75, 3.05) is 4.90 Å². The lowest BCUT2D eigenvalue weighted by Crippen LogP contribution is -2.18. The highest BCUT2D eigenvalue weighted by atomic mass is 16.3. The maximum absolute atomic E-state index is 6.80. The largest absolute Gasteiger partial charge is 0.455 e. The fourth-order valence-electron chi connectivity index (χ4n) is 12.0. The van der Waals surface area contributed by atoms with Gasteiger partial charge >= 0.3 is 0 Å². The Kier molecular flexibility index (Phi) is 8.38. The molecule has 3 nitrogen and oxygen atoms in total. The normalized spacial score (nSPS) is 14.0. The van der Waals surface area contributed by atoms with E-state index >= 15 is 0 Å². The van der Waals surface area contributed by atoms with Gasteiger partial charge in [0.25, 0.3) is 0 Å². The summed E-state index contributed by atoms with van der Waals surface area (Å²) in [6.45, 7) is 9.57. The Morgan fingerprint density at radius 2 is 0.725 bits per heavy atom. The van der Waals surface area contributed by atoms with Crippen LogP contribution in [0.25, 0.3) is 99.5 Å². The molecule has 0 radical (unpaired) electrons. The second-order valence-corrected chi connectivity index (χ2v) is 20.0. The number of rotatable bonds is 6. The highest BCUT2D eigenvalue weighted by Crippen LogP contribution is 2.59. The van der Waals surface area contributed by atoms with Crippen LogP contribution >= 0.6 is 0 Å². The van der Waals surface area contributed by atoms with Crippen molar-refractivity contribution < 1.29 is 8.83 Å². The summed E-state index contributed by atoms with van der Waals surface area (Å²) < 4.78 is 13.6. The summed E-state index contributed by atoms with van der Waals surface area (Å²) in [6, 6.07) is 77.3. The van der Waals surface area contributed by atoms with Crippen LogP contribution in [-0.2, 0) is 10.8 Å². The van der Waals surface area contributed by atoms with Crippen molar-refractivity contribution >= 4 is 60.9 Å². The molecule has 2 heterocycles. The van der Waals surface area contributed by atoms with Gasteiger partial charge in [-0.25, -0.2) is 0 Å². The minimum atomic E-state index is -0.314. The van der Waals surface area contributed by atoms with Gasteiger partial charge in [0.2, 0.25) is 0 Å². The van der Waals surface area contributed by atoms with Gasteiger partial charge in [-0.05, 0) is 127 Å². The summed E-state index contributed by atoms with van der Waals surface area (Å²) in [6.07, 6.45) is 0. The predicted octanol–water partition coefficient (Wildman–Crippen LogP) is 18.6. The molecule has 0 unspecified atom stereocenters. The molecule has 0 atom stereocenters. The minimum Gasteiger partial charge on any atom is -0.455 e. The first-order valence-corrected chi connectivity index (χ1v) is 24.1. The van der Waals surface area contributed by atoms with Gasteiger partial charge in [-0.2, -0.15) is 0 Å². The average molecular weight is 886 g/mol. The summed E-state index contributed by atoms with van der Waals surface area (Å²) >= 11 is 0. The second kappa shape index (κ2) is 14.6. The number of para-hydroxylation sites is 2. The zero-order chi connectivity index (χ0) is 46.2. The lowest BCUT2D eigenvalue weighted by Gasteiger charge is -2.30. The molecule has 2 aliphatic rings. The second-order valence-electron chi connectivity index (χ2n) is 20.0. The molecule has 0 aliphatic heterocycles. The van der Waals surface area contributed by atoms with E-state index in [2.05, 4.69) is 245 Å². The Balaban J connectivity index is 0.986. The molecule has 12 aromatic rings. The number of fused-ring (bicyclic) bond motifs is 14. The molecule has 0 bridgehead atoms. The molecule has 10 aromatic carbocycles. The van der Waals surface area contributed by atoms with Crippen LogP contribution in [0, 0.1) is 0 Å². The lowest BCUT2D eigenvalue weighted by atomic mass is 9.80. The number of nitrogens with zero attached hydrogens (tertiary/aromatic N) is 1. The van der Waals surface area contributed by atoms with E-state index < -0.39 is 0 Å². The maximum Gasteiger partial charge on any atom is 0.143 e. The van der Waals surface area contributed by atoms with Crippen molar-refractivity contribution in [3.05, 3.63) is 235 Å². The standard InChI is InChI=1S/C66H47NO2/c1-65(2)53-36-45(31-33-47(53)59-55(65)38-51(41-21-10-6-11-22-41)63-61(59)49-27-14-16-29-57(49)68-63)67(44-26-18-25-43(35-44)40-19-8-5-9-20-40)46-32-34-48-54(37-46)66(3,4)56-39-52(42-23-12-7-13-24-42)64-62(60(48)56)50-28-15-17-30-58(50)69-64/h5-39H,1-4H3. The highest BCUT2D eigenvalue weighted by Gasteiger charge is 2.41. The van der Waals surface area contributed by atoms with Crippen LogP contribution in [0.2, 0.25) is 0 Å². The molecule has 2 aliphatic carbocycles. The number of hydrogen-bond acceptors (Lipinski definition) is 3. The summed E-state index contributed by atoms with van der Waals surface area (Å²) in [5.41, 5.74) is 23.6. The molecule has 3 heteroatoms. The van der Waals surface area contributed by atoms with Crippen molar-refractivity contribution in [1.82, 2.24) is 0 Å². The van der Waals surface area contributed by atoms with E-state index in [1.54, 1.807) is 0 Å². The Hall–Kier alpha value is -8.40. The number of hydrogen-bond donors (Lipinski definition) is 0. The Morgan fingerprint density at radius 1 is 0.319 bits per heavy atom. The van der Waals surface area contributed by atoms with Crippen molar-refractivity contribution in [2.24, 2.45) is 0 Å². The Morgan fingerprint density at radius 3 is 1.20 bits per heavy atom. The van der Waals surface area contributed by atoms with Crippen LogP contribution in [0.3, 0.4) is 0 Å². The summed E-state index contributed by atoms with van der Waals surface area (Å²) in [5, 5.41) is 4.66. The van der Waals surface area contributed by atoms with E-state index in [4.69, 9.17) is 8.83 Å². The van der Waals surface area contributed by atoms with Gasteiger partial charge < -0.3 is 13.7 Å². The van der Waals surface area contributed by atoms with Crippen LogP contribution in [0.5, 0.6) is 0 Å². The number of benzene rings is 10. The van der Waals surface area contributed by atoms with Gasteiger partial charge in [-0.15, -0.1) is 0 Å². The van der Waals surface area contributed by atoms with E-state index in [1.165, 1.54) is 66.4 Å². The first-order chi connectivity index (χ1) is 33.7. The quantitative estimate of drug-likeness (QED) is 0.167. The minimum absolute atomic E-state index is 0.314. The van der Waals surface area contributed by atoms with Gasteiger partial charge in [0.05, 0.1) is 0 Å². The van der Waals surface area contributed by atoms with Crippen LogP contribution in [0.15, 0.2) is 221 Å². The third kappa shape index (κ3) is 5.74. The molecule has 0 saturated carbocycles. The number of furan rings is 2. The SMILES string of the molecule is CC1(C)c2cc(N(c3cccc(-c4ccccc4)c3)c3ccc4c(c3)C(C)(C)c3cc(-c5ccccc5)c5oc6ccccc6c5c3-4)ccc2-c2c1cc(-c1ccccc1)c1oc3ccccc3c21. The fourth-order valence-corrected chi connectivity index (χ4v) is 12.0. The van der Waals surface area contributed by atoms with E-state index in [0.717, 1.165) is 72.4 Å². The Bertz CT molecular complexity index is 3840. The monoisotopic (exact) mass is 885 g/mol. The fraction of sp³-hybridized carbons (Fsp3) is 0.0909. The zero-order valence-electron chi connectivity index (χ0n) is 39.0. The van der Waals surface area contributed by atoms with Crippen LogP contribution in [-0.4, -0.2) is 0 Å². The van der Waals surface area contributed by atoms with Gasteiger partial charge in [-0.1, -0.05) is 179 Å². The van der Waals surface area contributed by atoms with Crippen molar-refractivity contribution in [1.29, 1.82) is 0 Å². The molecule has 2 aromatic heterocycles. The maximum atomic E-state index is 6.80. The molecule has 328 valence electrons. The molecular formula is C66H47NO2. The molecule has 69 heavy (non-hydrogen) atoms. The van der Waals surface area contributed by atoms with E-state index in [1.807, 2.05) is 0 Å². The van der Waals surface area contributed by atoms with Crippen LogP contribution in [0.4, 0.5) is 17.1 Å². The molecular weight excluding hydrogens is 839 g/mol. The Labute approximate surface area is 401 Å². The summed E-state index contributed by atoms with van der Waals surface area (Å²) in [5.74, 6) is 0. The lowest BCUT2D eigenvalue weighted by molar-refractivity contribution is 0.657. The van der Waals surface area contributed by atoms with Crippen molar-refractivity contribution in [2.45, 2.75) is 38.5 Å². The molecule has 0 N–H and O–H groups in total. The summed E-state index contributed by atoms with van der Waals surface area (Å²) in [4.78, 5) is 2.47. The molecule has 0 spiro atoms. The molecule has 14 rings (SSSR count). The molecule has 0 saturated heterocycles. The van der Waals surface area contributed by atoms with Gasteiger partial charge in [0, 0.05) is 60.6 Å². The highest BCUT2D eigenvalue weighted by molar-refractivity contribution is 6.20. The van der Waals surface area contributed by atoms with Crippen molar-refractivity contribution in [3.63, 3.8) is 0 Å². The molecule has 0 fully saturated rings. The van der Waals surface area contributed by atoms with Crippen LogP contribution in [0.1, 0.15) is 49.9 Å². The van der Waals surface area contributed by atoms with E-state index in [9.17, 15) is 0 Å². The zero-order valence-corrected chi connectivity index (χ0v) is 39.0. The predicted molar refractivity (Wildman–Crippen MR) is 287 cm³/mol. The van der Waals surface area contributed by atoms with Crippen molar-refractivity contribution in [3.8, 4) is 55.6 Å². The average Bonchev–Trinajstić information content (AvgIpc) is 4.10. The summed E-state index contributed by atoms with van der Waals surface area (Å²) in [7, 11) is 0. The topological polar surface area (TPSA) is 29.5 Å². The van der Waals surface area contributed by atoms with E-state index in [0.29, 0.717) is 0 Å². The third-order valence-electron chi connectivity index (χ3n) is 15.4. The smallest absolute Gasteiger partial charge is 0.143 e. The van der Waals surface area contributed by atoms with E-state index in [-0.39, 0.29) is 10.8 Å². The first-order valence-electron chi connectivity index (χ1n) is 24.1. The van der Waals surface area contributed by atoms with Gasteiger partial charge in [0.15, 0.2) is 0 Å². The van der Waals surface area contributed by atoms with Crippen LogP contribution < -0.4 is 4.90 Å². The third-order valence-corrected chi connectivity index (χ3v) is 15.4. The number of anilines is 3. The molecule has 0 amide bonds.